The van der Waals surface area contributed by atoms with E-state index in [1.165, 1.54) is 96.3 Å². The molecule has 0 N–H and O–H groups in total. The molecular formula is C19H34O2Sn. The molecule has 0 aromatic heterocycles. The second-order valence-electron chi connectivity index (χ2n) is 8.07. The van der Waals surface area contributed by atoms with Crippen LogP contribution in [0, 0.1) is 0 Å². The summed E-state index contributed by atoms with van der Waals surface area (Å²) in [4.78, 5) is 11.6. The van der Waals surface area contributed by atoms with Crippen molar-refractivity contribution in [3.05, 3.63) is 0 Å². The van der Waals surface area contributed by atoms with Crippen LogP contribution in [0.2, 0.25) is 11.8 Å². The number of carbonyl (C=O) groups is 1. The number of hydrogen-bond donors (Lipinski definition) is 0. The first-order valence-electron chi connectivity index (χ1n) is 9.99. The summed E-state index contributed by atoms with van der Waals surface area (Å²) in [5.41, 5.74) is 0. The third-order valence-electron chi connectivity index (χ3n) is 6.98. The first kappa shape index (κ1) is 17.1. The number of carbonyl (C=O) groups excluding carboxylic acids is 1. The van der Waals surface area contributed by atoms with Gasteiger partial charge in [0, 0.05) is 0 Å². The summed E-state index contributed by atoms with van der Waals surface area (Å²) < 4.78 is 8.92. The zero-order chi connectivity index (χ0) is 15.3. The molecule has 3 aliphatic carbocycles. The number of hydrogen-bond acceptors (Lipinski definition) is 2. The molecule has 0 aliphatic heterocycles. The average molecular weight is 413 g/mol. The van der Waals surface area contributed by atoms with E-state index in [2.05, 4.69) is 0 Å². The molecule has 3 aliphatic rings. The summed E-state index contributed by atoms with van der Waals surface area (Å²) in [7, 11) is 0. The van der Waals surface area contributed by atoms with E-state index in [0.717, 1.165) is 18.3 Å². The Morgan fingerprint density at radius 1 is 0.591 bits per heavy atom. The van der Waals surface area contributed by atoms with Crippen LogP contribution in [0.3, 0.4) is 0 Å². The fraction of sp³-hybridized carbons (Fsp3) is 0.947. The van der Waals surface area contributed by atoms with Crippen molar-refractivity contribution < 1.29 is 7.87 Å². The molecule has 0 spiro atoms. The topological polar surface area (TPSA) is 26.3 Å². The quantitative estimate of drug-likeness (QED) is 0.402. The van der Waals surface area contributed by atoms with Gasteiger partial charge >= 0.3 is 141 Å². The van der Waals surface area contributed by atoms with Gasteiger partial charge in [0.2, 0.25) is 0 Å². The normalized spacial score (nSPS) is 26.7. The van der Waals surface area contributed by atoms with Crippen LogP contribution in [0.1, 0.15) is 96.3 Å². The van der Waals surface area contributed by atoms with Gasteiger partial charge in [0.1, 0.15) is 0 Å². The van der Waals surface area contributed by atoms with E-state index in [9.17, 15) is 4.79 Å². The Hall–Kier alpha value is 0.269. The van der Waals surface area contributed by atoms with Gasteiger partial charge in [0.25, 0.3) is 0 Å². The van der Waals surface area contributed by atoms with Crippen LogP contribution in [0.25, 0.3) is 0 Å². The van der Waals surface area contributed by atoms with Gasteiger partial charge < -0.3 is 0 Å². The predicted molar refractivity (Wildman–Crippen MR) is 93.4 cm³/mol. The minimum atomic E-state index is -2.91. The van der Waals surface area contributed by atoms with Crippen molar-refractivity contribution in [3.63, 3.8) is 0 Å². The predicted octanol–water partition coefficient (Wildman–Crippen LogP) is 6.11. The van der Waals surface area contributed by atoms with Crippen molar-refractivity contribution in [2.24, 2.45) is 0 Å². The molecule has 0 unspecified atom stereocenters. The zero-order valence-corrected chi connectivity index (χ0v) is 17.1. The van der Waals surface area contributed by atoms with Crippen molar-refractivity contribution in [3.8, 4) is 0 Å². The van der Waals surface area contributed by atoms with Gasteiger partial charge in [-0.25, -0.2) is 0 Å². The van der Waals surface area contributed by atoms with Crippen LogP contribution in [-0.4, -0.2) is 25.3 Å². The summed E-state index contributed by atoms with van der Waals surface area (Å²) in [5.74, 6) is 0. The molecule has 0 amide bonds. The van der Waals surface area contributed by atoms with Crippen LogP contribution < -0.4 is 0 Å². The third kappa shape index (κ3) is 3.52. The van der Waals surface area contributed by atoms with Crippen molar-refractivity contribution >= 4 is 25.3 Å². The average Bonchev–Trinajstić information content (AvgIpc) is 2.62. The SMILES string of the molecule is O=C[O][Sn]([CH]1CCCCC1)([CH]1CCCCC1)[CH]1CCCCC1. The summed E-state index contributed by atoms with van der Waals surface area (Å²) in [6, 6.07) is 0. The molecule has 0 bridgehead atoms. The van der Waals surface area contributed by atoms with Crippen molar-refractivity contribution in [2.75, 3.05) is 0 Å². The molecule has 22 heavy (non-hydrogen) atoms. The maximum absolute atomic E-state index is 11.6. The van der Waals surface area contributed by atoms with E-state index in [-0.39, 0.29) is 0 Å². The fourth-order valence-electron chi connectivity index (χ4n) is 6.03. The summed E-state index contributed by atoms with van der Waals surface area (Å²) in [6.45, 7) is 0.911. The zero-order valence-electron chi connectivity index (χ0n) is 14.2. The Kier molecular flexibility index (Phi) is 6.52. The molecule has 0 aromatic rings. The Labute approximate surface area is 141 Å². The standard InChI is InChI=1S/3C6H11.CH2O2.Sn/c3*1-2-4-6-5-3-1;2-1-3;/h3*1H,2-6H2;1H,(H,2,3);/q;;;;+1/p-1. The van der Waals surface area contributed by atoms with E-state index in [4.69, 9.17) is 3.07 Å². The van der Waals surface area contributed by atoms with Gasteiger partial charge in [0.15, 0.2) is 0 Å². The van der Waals surface area contributed by atoms with E-state index in [1.54, 1.807) is 0 Å². The number of rotatable bonds is 5. The molecule has 3 fully saturated rings. The van der Waals surface area contributed by atoms with Crippen LogP contribution >= 0.6 is 0 Å². The fourth-order valence-corrected chi connectivity index (χ4v) is 25.1. The van der Waals surface area contributed by atoms with Crippen LogP contribution in [0.5, 0.6) is 0 Å². The van der Waals surface area contributed by atoms with Gasteiger partial charge in [-0.15, -0.1) is 0 Å². The monoisotopic (exact) mass is 414 g/mol. The van der Waals surface area contributed by atoms with Crippen LogP contribution in [0.15, 0.2) is 0 Å². The molecular weight excluding hydrogens is 379 g/mol. The third-order valence-corrected chi connectivity index (χ3v) is 24.3. The second-order valence-corrected chi connectivity index (χ2v) is 20.6. The molecule has 3 saturated carbocycles. The molecule has 3 heteroatoms. The van der Waals surface area contributed by atoms with Gasteiger partial charge in [-0.2, -0.15) is 0 Å². The maximum atomic E-state index is 11.6. The molecule has 126 valence electrons. The minimum absolute atomic E-state index is 0.847. The Bertz CT molecular complexity index is 294. The Morgan fingerprint density at radius 2 is 0.909 bits per heavy atom. The van der Waals surface area contributed by atoms with Crippen molar-refractivity contribution in [2.45, 2.75) is 108 Å². The summed E-state index contributed by atoms with van der Waals surface area (Å²) in [6.07, 6.45) is 20.9. The summed E-state index contributed by atoms with van der Waals surface area (Å²) >= 11 is -2.91. The van der Waals surface area contributed by atoms with Gasteiger partial charge in [-0.05, 0) is 0 Å². The van der Waals surface area contributed by atoms with Crippen molar-refractivity contribution in [1.29, 1.82) is 0 Å². The molecule has 2 nitrogen and oxygen atoms in total. The van der Waals surface area contributed by atoms with Crippen LogP contribution in [-0.2, 0) is 7.87 Å². The first-order valence-corrected chi connectivity index (χ1v) is 16.1. The van der Waals surface area contributed by atoms with Crippen LogP contribution in [0.4, 0.5) is 0 Å². The second kappa shape index (κ2) is 8.39. The van der Waals surface area contributed by atoms with Gasteiger partial charge in [0.05, 0.1) is 0 Å². The van der Waals surface area contributed by atoms with Crippen molar-refractivity contribution in [1.82, 2.24) is 0 Å². The first-order chi connectivity index (χ1) is 10.9. The molecule has 0 radical (unpaired) electrons. The van der Waals surface area contributed by atoms with E-state index in [0.29, 0.717) is 0 Å². The van der Waals surface area contributed by atoms with Gasteiger partial charge in [-0.3, -0.25) is 0 Å². The molecule has 3 rings (SSSR count). The van der Waals surface area contributed by atoms with E-state index >= 15 is 0 Å². The van der Waals surface area contributed by atoms with E-state index < -0.39 is 18.8 Å². The van der Waals surface area contributed by atoms with Gasteiger partial charge in [-0.1, -0.05) is 0 Å². The Morgan fingerprint density at radius 3 is 1.18 bits per heavy atom. The molecule has 0 atom stereocenters. The van der Waals surface area contributed by atoms with E-state index in [1.807, 2.05) is 0 Å². The molecule has 0 aromatic carbocycles. The summed E-state index contributed by atoms with van der Waals surface area (Å²) in [5, 5.41) is 0. The molecule has 0 saturated heterocycles. The Balaban J connectivity index is 1.89. The molecule has 0 heterocycles.